The van der Waals surface area contributed by atoms with Gasteiger partial charge in [-0.2, -0.15) is 5.26 Å². The summed E-state index contributed by atoms with van der Waals surface area (Å²) in [5.41, 5.74) is 7.88. The van der Waals surface area contributed by atoms with Crippen molar-refractivity contribution in [3.8, 4) is 11.1 Å². The van der Waals surface area contributed by atoms with Crippen LogP contribution in [0.4, 0.5) is 0 Å². The van der Waals surface area contributed by atoms with Gasteiger partial charge in [0.05, 0.1) is 34.0 Å². The first kappa shape index (κ1) is 32.0. The number of carbonyl (C=O) groups is 1. The number of hydrogen-bond acceptors (Lipinski definition) is 7. The first-order chi connectivity index (χ1) is 22.2. The van der Waals surface area contributed by atoms with Crippen LogP contribution in [0.2, 0.25) is 0 Å². The zero-order valence-electron chi connectivity index (χ0n) is 27.4. The maximum atomic E-state index is 14.3. The fourth-order valence-corrected chi connectivity index (χ4v) is 9.17. The smallest absolute Gasteiger partial charge is 0.338 e. The van der Waals surface area contributed by atoms with E-state index in [0.717, 1.165) is 65.2 Å². The normalized spacial score (nSPS) is 16.3. The zero-order chi connectivity index (χ0) is 32.7. The summed E-state index contributed by atoms with van der Waals surface area (Å²) in [5.74, 6) is -0.0768. The van der Waals surface area contributed by atoms with Crippen LogP contribution in [0, 0.1) is 25.2 Å². The number of aromatic nitrogens is 2. The van der Waals surface area contributed by atoms with Gasteiger partial charge in [0.25, 0.3) is 5.56 Å². The standard InChI is InChI=1S/C37H40N4O3S2/c1-7-11-29-32(36(43)44-8-2)33(25-16-14-24(15-17-25)21(3)4)41-34(42)31(46-37(41)39-29)19-26-18-22(5)40(23(26)6)35-28(20-38)27-12-9-10-13-30(27)45-35/h14-19,21,33H,7-13H2,1-6H3/b31-19+/t33-/m1/s1. The second-order valence-corrected chi connectivity index (χ2v) is 14.5. The van der Waals surface area contributed by atoms with E-state index in [-0.39, 0.29) is 12.2 Å². The van der Waals surface area contributed by atoms with Crippen molar-refractivity contribution in [2.45, 2.75) is 92.0 Å². The van der Waals surface area contributed by atoms with Crippen LogP contribution in [0.1, 0.15) is 109 Å². The molecule has 4 heterocycles. The summed E-state index contributed by atoms with van der Waals surface area (Å²) in [4.78, 5) is 34.7. The van der Waals surface area contributed by atoms with Crippen LogP contribution in [-0.2, 0) is 22.4 Å². The number of thiazole rings is 1. The predicted molar refractivity (Wildman–Crippen MR) is 185 cm³/mol. The van der Waals surface area contributed by atoms with E-state index in [4.69, 9.17) is 9.73 Å². The lowest BCUT2D eigenvalue weighted by atomic mass is 9.92. The largest absolute Gasteiger partial charge is 0.463 e. The molecule has 0 unspecified atom stereocenters. The molecule has 1 aliphatic carbocycles. The monoisotopic (exact) mass is 652 g/mol. The third-order valence-corrected chi connectivity index (χ3v) is 11.3. The number of nitriles is 1. The van der Waals surface area contributed by atoms with Crippen LogP contribution >= 0.6 is 22.7 Å². The van der Waals surface area contributed by atoms with Gasteiger partial charge in [-0.15, -0.1) is 11.3 Å². The number of esters is 1. The molecule has 0 saturated carbocycles. The predicted octanol–water partition coefficient (Wildman–Crippen LogP) is 6.92. The average molecular weight is 653 g/mol. The van der Waals surface area contributed by atoms with Crippen LogP contribution < -0.4 is 14.9 Å². The second kappa shape index (κ2) is 13.0. The fourth-order valence-electron chi connectivity index (χ4n) is 6.71. The molecule has 0 spiro atoms. The topological polar surface area (TPSA) is 89.4 Å². The van der Waals surface area contributed by atoms with Crippen LogP contribution in [0.3, 0.4) is 0 Å². The molecule has 1 aromatic carbocycles. The van der Waals surface area contributed by atoms with Crippen molar-refractivity contribution >= 4 is 34.7 Å². The minimum absolute atomic E-state index is 0.187. The van der Waals surface area contributed by atoms with E-state index in [1.54, 1.807) is 22.8 Å². The number of rotatable bonds is 8. The number of nitrogens with zero attached hydrogens (tertiary/aromatic N) is 4. The molecule has 3 aromatic heterocycles. The summed E-state index contributed by atoms with van der Waals surface area (Å²) < 4.78 is 9.94. The van der Waals surface area contributed by atoms with Crippen molar-refractivity contribution in [1.29, 1.82) is 5.26 Å². The highest BCUT2D eigenvalue weighted by molar-refractivity contribution is 7.15. The Morgan fingerprint density at radius 3 is 2.57 bits per heavy atom. The van der Waals surface area contributed by atoms with Gasteiger partial charge in [-0.25, -0.2) is 9.79 Å². The minimum atomic E-state index is -0.636. The maximum Gasteiger partial charge on any atom is 0.338 e. The van der Waals surface area contributed by atoms with Crippen molar-refractivity contribution in [1.82, 2.24) is 9.13 Å². The number of ether oxygens (including phenoxy) is 1. The lowest BCUT2D eigenvalue weighted by Crippen LogP contribution is -2.40. The maximum absolute atomic E-state index is 14.3. The fraction of sp³-hybridized carbons (Fsp3) is 0.405. The van der Waals surface area contributed by atoms with Gasteiger partial charge in [-0.05, 0) is 93.2 Å². The van der Waals surface area contributed by atoms with Gasteiger partial charge in [0, 0.05) is 16.3 Å². The minimum Gasteiger partial charge on any atom is -0.463 e. The molecule has 238 valence electrons. The molecule has 0 N–H and O–H groups in total. The molecule has 0 fully saturated rings. The van der Waals surface area contributed by atoms with Gasteiger partial charge in [-0.1, -0.05) is 62.8 Å². The van der Waals surface area contributed by atoms with Gasteiger partial charge in [0.15, 0.2) is 4.80 Å². The number of carbonyl (C=O) groups excluding carboxylic acids is 1. The Morgan fingerprint density at radius 1 is 1.15 bits per heavy atom. The molecule has 46 heavy (non-hydrogen) atoms. The second-order valence-electron chi connectivity index (χ2n) is 12.4. The van der Waals surface area contributed by atoms with Gasteiger partial charge in [0.1, 0.15) is 11.1 Å². The van der Waals surface area contributed by atoms with Crippen LogP contribution in [-0.4, -0.2) is 21.7 Å². The van der Waals surface area contributed by atoms with E-state index in [9.17, 15) is 14.9 Å². The van der Waals surface area contributed by atoms with E-state index in [0.29, 0.717) is 32.9 Å². The SMILES string of the molecule is CCCC1=C(C(=O)OCC)[C@@H](c2ccc(C(C)C)cc2)n2c(s/c(=C/c3cc(C)n(-c4sc5c(c4C#N)CCCC5)c3C)c2=O)=N1. The summed E-state index contributed by atoms with van der Waals surface area (Å²) in [6.45, 7) is 12.5. The van der Waals surface area contributed by atoms with Gasteiger partial charge in [0.2, 0.25) is 0 Å². The van der Waals surface area contributed by atoms with Crippen molar-refractivity contribution in [2.75, 3.05) is 6.61 Å². The average Bonchev–Trinajstić information content (AvgIpc) is 3.65. The van der Waals surface area contributed by atoms with Crippen molar-refractivity contribution in [3.63, 3.8) is 0 Å². The Kier molecular flexibility index (Phi) is 9.04. The van der Waals surface area contributed by atoms with Crippen LogP contribution in [0.25, 0.3) is 11.1 Å². The number of benzene rings is 1. The van der Waals surface area contributed by atoms with E-state index in [1.807, 2.05) is 25.1 Å². The molecule has 1 atom stereocenters. The summed E-state index contributed by atoms with van der Waals surface area (Å²) >= 11 is 3.08. The Bertz CT molecular complexity index is 2080. The van der Waals surface area contributed by atoms with E-state index in [2.05, 4.69) is 56.5 Å². The molecule has 4 aromatic rings. The number of allylic oxidation sites excluding steroid dienone is 1. The van der Waals surface area contributed by atoms with E-state index in [1.165, 1.54) is 27.3 Å². The molecule has 7 nitrogen and oxygen atoms in total. The van der Waals surface area contributed by atoms with Gasteiger partial charge >= 0.3 is 5.97 Å². The Labute approximate surface area is 277 Å². The first-order valence-corrected chi connectivity index (χ1v) is 17.9. The van der Waals surface area contributed by atoms with Crippen molar-refractivity contribution in [2.24, 2.45) is 4.99 Å². The van der Waals surface area contributed by atoms with E-state index < -0.39 is 12.0 Å². The van der Waals surface area contributed by atoms with Gasteiger partial charge < -0.3 is 9.30 Å². The molecular weight excluding hydrogens is 613 g/mol. The Morgan fingerprint density at radius 2 is 1.89 bits per heavy atom. The number of fused-ring (bicyclic) bond motifs is 2. The quantitative estimate of drug-likeness (QED) is 0.193. The highest BCUT2D eigenvalue weighted by atomic mass is 32.1. The van der Waals surface area contributed by atoms with Crippen LogP contribution in [0.5, 0.6) is 0 Å². The Hall–Kier alpha value is -4.00. The zero-order valence-corrected chi connectivity index (χ0v) is 29.0. The highest BCUT2D eigenvalue weighted by Crippen LogP contribution is 2.38. The number of thiophene rings is 1. The Balaban J connectivity index is 1.52. The first-order valence-electron chi connectivity index (χ1n) is 16.2. The summed E-state index contributed by atoms with van der Waals surface area (Å²) in [6, 6.07) is 12.1. The molecule has 0 amide bonds. The number of aryl methyl sites for hydroxylation is 2. The van der Waals surface area contributed by atoms with E-state index >= 15 is 0 Å². The molecule has 0 bridgehead atoms. The third-order valence-electron chi connectivity index (χ3n) is 9.04. The molecule has 1 aliphatic heterocycles. The molecule has 6 rings (SSSR count). The molecule has 0 radical (unpaired) electrons. The summed E-state index contributed by atoms with van der Waals surface area (Å²) in [6.07, 6.45) is 7.61. The van der Waals surface area contributed by atoms with Crippen molar-refractivity contribution in [3.05, 3.63) is 105 Å². The van der Waals surface area contributed by atoms with Crippen molar-refractivity contribution < 1.29 is 9.53 Å². The number of hydrogen-bond donors (Lipinski definition) is 0. The lowest BCUT2D eigenvalue weighted by molar-refractivity contribution is -0.139. The van der Waals surface area contributed by atoms with Crippen LogP contribution in [0.15, 0.2) is 51.4 Å². The molecule has 2 aliphatic rings. The summed E-state index contributed by atoms with van der Waals surface area (Å²) in [7, 11) is 0. The lowest BCUT2D eigenvalue weighted by Gasteiger charge is -2.26. The highest BCUT2D eigenvalue weighted by Gasteiger charge is 2.34. The molecule has 0 saturated heterocycles. The molecule has 9 heteroatoms. The third kappa shape index (κ3) is 5.52. The molecular formula is C37H40N4O3S2. The van der Waals surface area contributed by atoms with Gasteiger partial charge in [-0.3, -0.25) is 9.36 Å². The summed E-state index contributed by atoms with van der Waals surface area (Å²) in [5, 5.41) is 11.1.